The maximum Gasteiger partial charge on any atom is 0.117 e. The molecular formula is C7H9BrO. The molecular weight excluding hydrogens is 180 g/mol. The van der Waals surface area contributed by atoms with Gasteiger partial charge < -0.3 is 4.42 Å². The standard InChI is InChI=1S/C7H9BrO/c1-5-4-9-7(3-8)6(5)2/h4H,3H2,1-2H3. The van der Waals surface area contributed by atoms with Gasteiger partial charge in [0.15, 0.2) is 0 Å². The first kappa shape index (κ1) is 6.87. The second kappa shape index (κ2) is 2.56. The van der Waals surface area contributed by atoms with Crippen molar-refractivity contribution in [1.29, 1.82) is 0 Å². The third-order valence-corrected chi connectivity index (χ3v) is 2.02. The van der Waals surface area contributed by atoms with Crippen LogP contribution in [0, 0.1) is 13.8 Å². The summed E-state index contributed by atoms with van der Waals surface area (Å²) in [5.41, 5.74) is 2.48. The summed E-state index contributed by atoms with van der Waals surface area (Å²) in [6.45, 7) is 4.11. The van der Waals surface area contributed by atoms with Gasteiger partial charge in [0.2, 0.25) is 0 Å². The number of aryl methyl sites for hydroxylation is 1. The van der Waals surface area contributed by atoms with E-state index in [0.29, 0.717) is 0 Å². The summed E-state index contributed by atoms with van der Waals surface area (Å²) in [7, 11) is 0. The molecule has 0 aliphatic carbocycles. The third-order valence-electron chi connectivity index (χ3n) is 1.51. The van der Waals surface area contributed by atoms with E-state index in [2.05, 4.69) is 22.9 Å². The van der Waals surface area contributed by atoms with Gasteiger partial charge in [-0.2, -0.15) is 0 Å². The van der Waals surface area contributed by atoms with Gasteiger partial charge >= 0.3 is 0 Å². The average Bonchev–Trinajstić information content (AvgIpc) is 2.15. The summed E-state index contributed by atoms with van der Waals surface area (Å²) >= 11 is 3.33. The van der Waals surface area contributed by atoms with Crippen LogP contribution in [0.15, 0.2) is 10.7 Å². The molecule has 0 aliphatic rings. The number of alkyl halides is 1. The summed E-state index contributed by atoms with van der Waals surface area (Å²) in [4.78, 5) is 0. The van der Waals surface area contributed by atoms with Crippen molar-refractivity contribution in [3.05, 3.63) is 23.2 Å². The zero-order valence-corrected chi connectivity index (χ0v) is 7.16. The Labute approximate surface area is 63.2 Å². The monoisotopic (exact) mass is 188 g/mol. The summed E-state index contributed by atoms with van der Waals surface area (Å²) in [5.74, 6) is 1.03. The van der Waals surface area contributed by atoms with Crippen LogP contribution in [0.3, 0.4) is 0 Å². The lowest BCUT2D eigenvalue weighted by molar-refractivity contribution is 0.528. The zero-order chi connectivity index (χ0) is 6.85. The molecule has 1 nitrogen and oxygen atoms in total. The Morgan fingerprint density at radius 2 is 2.22 bits per heavy atom. The van der Waals surface area contributed by atoms with Crippen molar-refractivity contribution in [3.8, 4) is 0 Å². The molecule has 2 heteroatoms. The van der Waals surface area contributed by atoms with Crippen LogP contribution < -0.4 is 0 Å². The smallest absolute Gasteiger partial charge is 0.117 e. The first-order chi connectivity index (χ1) is 4.25. The zero-order valence-electron chi connectivity index (χ0n) is 5.57. The Morgan fingerprint density at radius 3 is 2.44 bits per heavy atom. The van der Waals surface area contributed by atoms with Crippen LogP contribution in [0.1, 0.15) is 16.9 Å². The summed E-state index contributed by atoms with van der Waals surface area (Å²) in [6, 6.07) is 0. The minimum Gasteiger partial charge on any atom is -0.468 e. The van der Waals surface area contributed by atoms with Gasteiger partial charge in [0.05, 0.1) is 11.6 Å². The van der Waals surface area contributed by atoms with E-state index >= 15 is 0 Å². The fourth-order valence-corrected chi connectivity index (χ4v) is 1.24. The van der Waals surface area contributed by atoms with E-state index in [1.54, 1.807) is 6.26 Å². The number of hydrogen-bond donors (Lipinski definition) is 0. The lowest BCUT2D eigenvalue weighted by Gasteiger charge is -1.88. The Morgan fingerprint density at radius 1 is 1.56 bits per heavy atom. The van der Waals surface area contributed by atoms with E-state index in [0.717, 1.165) is 11.1 Å². The second-order valence-electron chi connectivity index (χ2n) is 2.10. The number of furan rings is 1. The number of rotatable bonds is 1. The predicted octanol–water partition coefficient (Wildman–Crippen LogP) is 2.79. The van der Waals surface area contributed by atoms with E-state index in [1.165, 1.54) is 11.1 Å². The van der Waals surface area contributed by atoms with Gasteiger partial charge in [-0.25, -0.2) is 0 Å². The van der Waals surface area contributed by atoms with Crippen molar-refractivity contribution in [2.45, 2.75) is 19.2 Å². The highest BCUT2D eigenvalue weighted by Gasteiger charge is 2.02. The quantitative estimate of drug-likeness (QED) is 0.619. The molecule has 0 aromatic carbocycles. The first-order valence-electron chi connectivity index (χ1n) is 2.85. The van der Waals surface area contributed by atoms with Crippen molar-refractivity contribution in [2.24, 2.45) is 0 Å². The molecule has 0 N–H and O–H groups in total. The fourth-order valence-electron chi connectivity index (χ4n) is 0.688. The van der Waals surface area contributed by atoms with Crippen molar-refractivity contribution < 1.29 is 4.42 Å². The molecule has 1 rings (SSSR count). The van der Waals surface area contributed by atoms with Crippen LogP contribution in [-0.4, -0.2) is 0 Å². The molecule has 0 saturated heterocycles. The highest BCUT2D eigenvalue weighted by Crippen LogP contribution is 2.16. The van der Waals surface area contributed by atoms with Gasteiger partial charge in [-0.3, -0.25) is 0 Å². The van der Waals surface area contributed by atoms with E-state index < -0.39 is 0 Å². The molecule has 0 radical (unpaired) electrons. The summed E-state index contributed by atoms with van der Waals surface area (Å²) in [6.07, 6.45) is 1.78. The van der Waals surface area contributed by atoms with Crippen LogP contribution in [0.25, 0.3) is 0 Å². The summed E-state index contributed by atoms with van der Waals surface area (Å²) < 4.78 is 5.20. The van der Waals surface area contributed by atoms with Crippen molar-refractivity contribution >= 4 is 15.9 Å². The summed E-state index contributed by atoms with van der Waals surface area (Å²) in [5, 5.41) is 0.812. The van der Waals surface area contributed by atoms with Gasteiger partial charge in [-0.1, -0.05) is 15.9 Å². The van der Waals surface area contributed by atoms with Gasteiger partial charge in [0.1, 0.15) is 5.76 Å². The van der Waals surface area contributed by atoms with E-state index in [9.17, 15) is 0 Å². The van der Waals surface area contributed by atoms with E-state index in [-0.39, 0.29) is 0 Å². The minimum absolute atomic E-state index is 0.812. The molecule has 1 heterocycles. The van der Waals surface area contributed by atoms with Crippen LogP contribution >= 0.6 is 15.9 Å². The van der Waals surface area contributed by atoms with Gasteiger partial charge in [-0.15, -0.1) is 0 Å². The Kier molecular flexibility index (Phi) is 1.96. The molecule has 0 aliphatic heterocycles. The highest BCUT2D eigenvalue weighted by atomic mass is 79.9. The molecule has 50 valence electrons. The Bertz CT molecular complexity index is 203. The Hall–Kier alpha value is -0.240. The molecule has 9 heavy (non-hydrogen) atoms. The topological polar surface area (TPSA) is 13.1 Å². The van der Waals surface area contributed by atoms with E-state index in [4.69, 9.17) is 4.42 Å². The van der Waals surface area contributed by atoms with Crippen LogP contribution in [-0.2, 0) is 5.33 Å². The van der Waals surface area contributed by atoms with Gasteiger partial charge in [0, 0.05) is 0 Å². The Balaban J connectivity index is 3.04. The van der Waals surface area contributed by atoms with Crippen molar-refractivity contribution in [1.82, 2.24) is 0 Å². The molecule has 0 fully saturated rings. The van der Waals surface area contributed by atoms with Crippen LogP contribution in [0.5, 0.6) is 0 Å². The normalized spacial score (nSPS) is 10.1. The largest absolute Gasteiger partial charge is 0.468 e. The van der Waals surface area contributed by atoms with Crippen molar-refractivity contribution in [3.63, 3.8) is 0 Å². The molecule has 0 unspecified atom stereocenters. The third kappa shape index (κ3) is 1.18. The molecule has 1 aromatic rings. The maximum absolute atomic E-state index is 5.20. The maximum atomic E-state index is 5.20. The first-order valence-corrected chi connectivity index (χ1v) is 3.97. The lowest BCUT2D eigenvalue weighted by atomic mass is 10.2. The van der Waals surface area contributed by atoms with Crippen LogP contribution in [0.4, 0.5) is 0 Å². The molecule has 1 aromatic heterocycles. The average molecular weight is 189 g/mol. The number of hydrogen-bond acceptors (Lipinski definition) is 1. The van der Waals surface area contributed by atoms with E-state index in [1.807, 2.05) is 6.92 Å². The second-order valence-corrected chi connectivity index (χ2v) is 2.66. The molecule has 0 bridgehead atoms. The van der Waals surface area contributed by atoms with Crippen molar-refractivity contribution in [2.75, 3.05) is 0 Å². The molecule has 0 amide bonds. The van der Waals surface area contributed by atoms with Gasteiger partial charge in [-0.05, 0) is 25.0 Å². The predicted molar refractivity (Wildman–Crippen MR) is 40.8 cm³/mol. The molecule has 0 spiro atoms. The highest BCUT2D eigenvalue weighted by molar-refractivity contribution is 9.08. The SMILES string of the molecule is Cc1coc(CBr)c1C. The fraction of sp³-hybridized carbons (Fsp3) is 0.429. The molecule has 0 saturated carbocycles. The van der Waals surface area contributed by atoms with Crippen LogP contribution in [0.2, 0.25) is 0 Å². The lowest BCUT2D eigenvalue weighted by Crippen LogP contribution is -1.76. The van der Waals surface area contributed by atoms with Gasteiger partial charge in [0.25, 0.3) is 0 Å². The number of halogens is 1. The molecule has 0 atom stereocenters. The minimum atomic E-state index is 0.812.